The third kappa shape index (κ3) is 3.88. The molecule has 0 atom stereocenters. The van der Waals surface area contributed by atoms with Crippen LogP contribution in [0, 0.1) is 5.82 Å². The minimum absolute atomic E-state index is 0.0261. The number of carbonyl (C=O) groups excluding carboxylic acids is 1. The fraction of sp³-hybridized carbons (Fsp3) is 0.211. The van der Waals surface area contributed by atoms with Crippen LogP contribution in [0.25, 0.3) is 10.9 Å². The van der Waals surface area contributed by atoms with E-state index >= 15 is 0 Å². The maximum atomic E-state index is 13.2. The molecule has 0 bridgehead atoms. The van der Waals surface area contributed by atoms with E-state index in [0.717, 1.165) is 16.8 Å². The Labute approximate surface area is 156 Å². The number of rotatable bonds is 4. The molecule has 1 aromatic heterocycles. The molecule has 0 spiro atoms. The molecular weight excluding hydrogens is 378 g/mol. The Bertz CT molecular complexity index is 1110. The quantitative estimate of drug-likeness (QED) is 0.691. The van der Waals surface area contributed by atoms with Gasteiger partial charge in [-0.15, -0.1) is 0 Å². The highest BCUT2D eigenvalue weighted by atomic mass is 19.4. The molecule has 1 amide bonds. The Morgan fingerprint density at radius 1 is 1.18 bits per heavy atom. The molecule has 3 aromatic rings. The summed E-state index contributed by atoms with van der Waals surface area (Å²) in [5.41, 5.74) is 0.430. The van der Waals surface area contributed by atoms with Gasteiger partial charge in [-0.1, -0.05) is 25.1 Å². The van der Waals surface area contributed by atoms with Crippen molar-refractivity contribution in [2.45, 2.75) is 25.9 Å². The van der Waals surface area contributed by atoms with Crippen molar-refractivity contribution in [2.24, 2.45) is 0 Å². The zero-order valence-electron chi connectivity index (χ0n) is 14.7. The number of carbonyl (C=O) groups is 1. The van der Waals surface area contributed by atoms with Crippen LogP contribution in [0.1, 0.15) is 23.9 Å². The first-order valence-corrected chi connectivity index (χ1v) is 8.37. The van der Waals surface area contributed by atoms with E-state index in [1.165, 1.54) is 24.3 Å². The number of nitrogens with zero attached hydrogens (tertiary/aromatic N) is 2. The van der Waals surface area contributed by atoms with Crippen LogP contribution in [0.2, 0.25) is 0 Å². The predicted molar refractivity (Wildman–Crippen MR) is 94.9 cm³/mol. The van der Waals surface area contributed by atoms with Gasteiger partial charge >= 0.3 is 6.18 Å². The zero-order chi connectivity index (χ0) is 20.5. The third-order valence-corrected chi connectivity index (χ3v) is 4.08. The fourth-order valence-electron chi connectivity index (χ4n) is 2.83. The second kappa shape index (κ2) is 7.41. The van der Waals surface area contributed by atoms with Gasteiger partial charge < -0.3 is 0 Å². The molecule has 0 radical (unpaired) electrons. The number of fused-ring (bicyclic) bond motifs is 1. The molecule has 1 N–H and O–H groups in total. The maximum Gasteiger partial charge on any atom is 0.418 e. The first-order chi connectivity index (χ1) is 13.2. The van der Waals surface area contributed by atoms with E-state index in [2.05, 4.69) is 10.4 Å². The van der Waals surface area contributed by atoms with Gasteiger partial charge in [-0.3, -0.25) is 15.0 Å². The van der Waals surface area contributed by atoms with Crippen LogP contribution in [0.3, 0.4) is 0 Å². The van der Waals surface area contributed by atoms with Crippen molar-refractivity contribution in [3.63, 3.8) is 0 Å². The van der Waals surface area contributed by atoms with Crippen LogP contribution in [0.15, 0.2) is 47.3 Å². The van der Waals surface area contributed by atoms with Gasteiger partial charge in [-0.2, -0.15) is 13.2 Å². The summed E-state index contributed by atoms with van der Waals surface area (Å²) in [5.74, 6) is -1.17. The van der Waals surface area contributed by atoms with Crippen LogP contribution >= 0.6 is 0 Å². The van der Waals surface area contributed by atoms with Gasteiger partial charge in [0.2, 0.25) is 5.91 Å². The molecule has 0 aliphatic rings. The van der Waals surface area contributed by atoms with Crippen molar-refractivity contribution >= 4 is 16.8 Å². The summed E-state index contributed by atoms with van der Waals surface area (Å²) in [4.78, 5) is 28.9. The number of hydrogen-bond donors (Lipinski definition) is 1. The number of para-hydroxylation sites is 1. The van der Waals surface area contributed by atoms with E-state index in [-0.39, 0.29) is 24.1 Å². The molecule has 28 heavy (non-hydrogen) atoms. The summed E-state index contributed by atoms with van der Waals surface area (Å²) >= 11 is 0. The lowest BCUT2D eigenvalue weighted by atomic mass is 10.1. The van der Waals surface area contributed by atoms with Crippen LogP contribution in [0.4, 0.5) is 17.6 Å². The lowest BCUT2D eigenvalue weighted by Crippen LogP contribution is -2.37. The minimum atomic E-state index is -4.67. The van der Waals surface area contributed by atoms with Crippen molar-refractivity contribution in [3.8, 4) is 0 Å². The number of aryl methyl sites for hydroxylation is 1. The van der Waals surface area contributed by atoms with E-state index in [0.29, 0.717) is 5.56 Å². The van der Waals surface area contributed by atoms with Crippen LogP contribution in [-0.2, 0) is 23.8 Å². The van der Waals surface area contributed by atoms with E-state index in [4.69, 9.17) is 0 Å². The molecule has 0 fully saturated rings. The molecule has 3 rings (SSSR count). The fourth-order valence-corrected chi connectivity index (χ4v) is 2.83. The van der Waals surface area contributed by atoms with Crippen LogP contribution in [0.5, 0.6) is 0 Å². The zero-order valence-corrected chi connectivity index (χ0v) is 14.7. The topological polar surface area (TPSA) is 64.0 Å². The Morgan fingerprint density at radius 3 is 2.54 bits per heavy atom. The lowest BCUT2D eigenvalue weighted by molar-refractivity contribution is -0.136. The van der Waals surface area contributed by atoms with E-state index < -0.39 is 34.5 Å². The average molecular weight is 393 g/mol. The standard InChI is InChI=1S/C19H15F4N3O2/c1-2-15-24-17-13(7-4-8-14(17)19(21,22)23)18(28)26(15)25-16(27)10-11-5-3-6-12(20)9-11/h3-9H,2,10H2,1H3,(H,25,27). The van der Waals surface area contributed by atoms with Crippen molar-refractivity contribution < 1.29 is 22.4 Å². The number of hydrogen-bond acceptors (Lipinski definition) is 3. The van der Waals surface area contributed by atoms with Gasteiger partial charge in [-0.05, 0) is 29.8 Å². The number of nitrogens with one attached hydrogen (secondary N) is 1. The molecule has 1 heterocycles. The van der Waals surface area contributed by atoms with Gasteiger partial charge in [0, 0.05) is 6.42 Å². The smallest absolute Gasteiger partial charge is 0.273 e. The number of benzene rings is 2. The second-order valence-electron chi connectivity index (χ2n) is 6.06. The van der Waals surface area contributed by atoms with E-state index in [9.17, 15) is 27.2 Å². The lowest BCUT2D eigenvalue weighted by Gasteiger charge is -2.15. The Kier molecular flexibility index (Phi) is 5.17. The Morgan fingerprint density at radius 2 is 1.89 bits per heavy atom. The van der Waals surface area contributed by atoms with Crippen LogP contribution in [-0.4, -0.2) is 15.6 Å². The van der Waals surface area contributed by atoms with Crippen molar-refractivity contribution in [3.05, 3.63) is 75.6 Å². The van der Waals surface area contributed by atoms with Crippen molar-refractivity contribution in [1.82, 2.24) is 9.66 Å². The summed E-state index contributed by atoms with van der Waals surface area (Å²) in [7, 11) is 0. The largest absolute Gasteiger partial charge is 0.418 e. The molecule has 0 unspecified atom stereocenters. The first kappa shape index (κ1) is 19.5. The predicted octanol–water partition coefficient (Wildman–Crippen LogP) is 3.43. The first-order valence-electron chi connectivity index (χ1n) is 8.37. The summed E-state index contributed by atoms with van der Waals surface area (Å²) in [6.45, 7) is 1.60. The van der Waals surface area contributed by atoms with Gasteiger partial charge in [0.15, 0.2) is 0 Å². The van der Waals surface area contributed by atoms with E-state index in [1.54, 1.807) is 13.0 Å². The van der Waals surface area contributed by atoms with Gasteiger partial charge in [0.1, 0.15) is 11.6 Å². The molecule has 2 aromatic carbocycles. The summed E-state index contributed by atoms with van der Waals surface area (Å²) in [5, 5.41) is -0.266. The highest BCUT2D eigenvalue weighted by molar-refractivity contribution is 5.87. The molecular formula is C19H15F4N3O2. The second-order valence-corrected chi connectivity index (χ2v) is 6.06. The van der Waals surface area contributed by atoms with Crippen LogP contribution < -0.4 is 11.0 Å². The molecule has 0 saturated heterocycles. The molecule has 0 saturated carbocycles. The number of aromatic nitrogens is 2. The average Bonchev–Trinajstić information content (AvgIpc) is 2.62. The molecule has 5 nitrogen and oxygen atoms in total. The number of halogens is 4. The highest BCUT2D eigenvalue weighted by Crippen LogP contribution is 2.33. The number of alkyl halides is 3. The molecule has 0 aliphatic carbocycles. The normalized spacial score (nSPS) is 11.6. The Hall–Kier alpha value is -3.23. The minimum Gasteiger partial charge on any atom is -0.273 e. The summed E-state index contributed by atoms with van der Waals surface area (Å²) in [6, 6.07) is 8.57. The Balaban J connectivity index is 2.03. The number of amides is 1. The molecule has 146 valence electrons. The van der Waals surface area contributed by atoms with Gasteiger partial charge in [0.25, 0.3) is 5.56 Å². The van der Waals surface area contributed by atoms with Gasteiger partial charge in [0.05, 0.1) is 22.9 Å². The van der Waals surface area contributed by atoms with Crippen molar-refractivity contribution in [2.75, 3.05) is 5.43 Å². The molecule has 9 heteroatoms. The van der Waals surface area contributed by atoms with Gasteiger partial charge in [-0.25, -0.2) is 14.1 Å². The monoisotopic (exact) mass is 393 g/mol. The highest BCUT2D eigenvalue weighted by Gasteiger charge is 2.34. The molecule has 0 aliphatic heterocycles. The SMILES string of the molecule is CCc1nc2c(C(F)(F)F)cccc2c(=O)n1NC(=O)Cc1cccc(F)c1. The summed E-state index contributed by atoms with van der Waals surface area (Å²) in [6.07, 6.45) is -4.78. The van der Waals surface area contributed by atoms with Crippen molar-refractivity contribution in [1.29, 1.82) is 0 Å². The maximum absolute atomic E-state index is 13.2. The summed E-state index contributed by atoms with van der Waals surface area (Å²) < 4.78 is 53.7. The third-order valence-electron chi connectivity index (χ3n) is 4.08. The van der Waals surface area contributed by atoms with E-state index in [1.807, 2.05) is 0 Å².